The first-order valence-corrected chi connectivity index (χ1v) is 10.7. The fraction of sp³-hybridized carbons (Fsp3) is 0.619. The summed E-state index contributed by atoms with van der Waals surface area (Å²) in [6.07, 6.45) is 5.98. The maximum Gasteiger partial charge on any atom is 0.387 e. The summed E-state index contributed by atoms with van der Waals surface area (Å²) < 4.78 is 40.7. The molecule has 0 aromatic heterocycles. The van der Waals surface area contributed by atoms with Gasteiger partial charge >= 0.3 is 6.61 Å². The van der Waals surface area contributed by atoms with Crippen LogP contribution >= 0.6 is 0 Å². The smallest absolute Gasteiger partial charge is 0.387 e. The zero-order valence-corrected chi connectivity index (χ0v) is 17.7. The molecule has 0 spiro atoms. The molecule has 1 aliphatic heterocycles. The first-order chi connectivity index (χ1) is 15.0. The van der Waals surface area contributed by atoms with Gasteiger partial charge in [0.1, 0.15) is 5.75 Å². The molecule has 2 aliphatic rings. The van der Waals surface area contributed by atoms with Crippen molar-refractivity contribution in [1.29, 1.82) is 0 Å². The minimum absolute atomic E-state index is 0.00860. The molecular weight excluding hydrogens is 410 g/mol. The van der Waals surface area contributed by atoms with Crippen LogP contribution in [0.1, 0.15) is 51.0 Å². The predicted octanol–water partition coefficient (Wildman–Crippen LogP) is 2.91. The van der Waals surface area contributed by atoms with E-state index in [1.807, 2.05) is 6.92 Å². The van der Waals surface area contributed by atoms with Crippen LogP contribution in [0.5, 0.6) is 17.2 Å². The summed E-state index contributed by atoms with van der Waals surface area (Å²) >= 11 is 0. The molecule has 1 aromatic carbocycles. The summed E-state index contributed by atoms with van der Waals surface area (Å²) in [5.41, 5.74) is 0.441. The molecule has 0 saturated heterocycles. The van der Waals surface area contributed by atoms with E-state index in [-0.39, 0.29) is 31.0 Å². The Morgan fingerprint density at radius 3 is 2.65 bits per heavy atom. The highest BCUT2D eigenvalue weighted by Gasteiger charge is 2.20. The van der Waals surface area contributed by atoms with E-state index in [9.17, 15) is 13.6 Å². The number of nitrogens with one attached hydrogen (secondary N) is 3. The van der Waals surface area contributed by atoms with E-state index < -0.39 is 6.61 Å². The van der Waals surface area contributed by atoms with Gasteiger partial charge in [0.25, 0.3) is 0 Å². The lowest BCUT2D eigenvalue weighted by Crippen LogP contribution is -2.41. The maximum absolute atomic E-state index is 12.8. The van der Waals surface area contributed by atoms with Crippen molar-refractivity contribution in [2.45, 2.75) is 64.6 Å². The minimum Gasteiger partial charge on any atom is -0.454 e. The van der Waals surface area contributed by atoms with Gasteiger partial charge in [0.15, 0.2) is 17.5 Å². The van der Waals surface area contributed by atoms with Crippen LogP contribution in [0.4, 0.5) is 8.78 Å². The van der Waals surface area contributed by atoms with E-state index in [4.69, 9.17) is 9.47 Å². The van der Waals surface area contributed by atoms with Crippen LogP contribution in [0.2, 0.25) is 0 Å². The van der Waals surface area contributed by atoms with Gasteiger partial charge in [-0.3, -0.25) is 4.79 Å². The third kappa shape index (κ3) is 7.15. The van der Waals surface area contributed by atoms with Crippen molar-refractivity contribution in [3.05, 3.63) is 17.7 Å². The molecule has 8 nitrogen and oxygen atoms in total. The molecule has 31 heavy (non-hydrogen) atoms. The fourth-order valence-electron chi connectivity index (χ4n) is 3.64. The summed E-state index contributed by atoms with van der Waals surface area (Å²) in [7, 11) is 0. The molecule has 0 unspecified atom stereocenters. The Morgan fingerprint density at radius 1 is 1.19 bits per heavy atom. The van der Waals surface area contributed by atoms with Crippen molar-refractivity contribution >= 4 is 11.9 Å². The van der Waals surface area contributed by atoms with Gasteiger partial charge in [0.05, 0.1) is 6.54 Å². The van der Waals surface area contributed by atoms with Gasteiger partial charge in [0.2, 0.25) is 12.7 Å². The molecule has 0 bridgehead atoms. The SMILES string of the molecule is CCNC(=NCc1cc2c(cc1OC(F)F)OCO2)NCCC(=O)NC1CCCCC1. The molecule has 10 heteroatoms. The summed E-state index contributed by atoms with van der Waals surface area (Å²) in [6, 6.07) is 3.25. The number of rotatable bonds is 9. The van der Waals surface area contributed by atoms with Gasteiger partial charge in [-0.25, -0.2) is 4.99 Å². The highest BCUT2D eigenvalue weighted by atomic mass is 19.3. The number of ether oxygens (including phenoxy) is 3. The zero-order chi connectivity index (χ0) is 22.1. The second-order valence-corrected chi connectivity index (χ2v) is 7.47. The molecule has 1 heterocycles. The average Bonchev–Trinajstić information content (AvgIpc) is 3.19. The number of aliphatic imine (C=N–C) groups is 1. The highest BCUT2D eigenvalue weighted by Crippen LogP contribution is 2.39. The molecule has 1 amide bonds. The summed E-state index contributed by atoms with van der Waals surface area (Å²) in [4.78, 5) is 16.6. The van der Waals surface area contributed by atoms with E-state index in [1.165, 1.54) is 12.5 Å². The molecule has 1 aromatic rings. The number of carbonyl (C=O) groups is 1. The number of carbonyl (C=O) groups excluding carboxylic acids is 1. The standard InChI is InChI=1S/C21H30F2N4O4/c1-2-24-21(25-9-8-19(28)27-15-6-4-3-5-7-15)26-12-14-10-17-18(30-13-29-17)11-16(14)31-20(22)23/h10-11,15,20H,2-9,12-13H2,1H3,(H,27,28)(H2,24,25,26). The topological polar surface area (TPSA) is 93.2 Å². The number of amides is 1. The van der Waals surface area contributed by atoms with Crippen molar-refractivity contribution in [3.63, 3.8) is 0 Å². The van der Waals surface area contributed by atoms with E-state index in [0.29, 0.717) is 42.5 Å². The maximum atomic E-state index is 12.8. The molecule has 3 N–H and O–H groups in total. The number of halogens is 2. The quantitative estimate of drug-likeness (QED) is 0.404. The van der Waals surface area contributed by atoms with Crippen molar-refractivity contribution in [2.75, 3.05) is 19.9 Å². The second kappa shape index (κ2) is 11.6. The molecule has 0 radical (unpaired) electrons. The Hall–Kier alpha value is -2.78. The van der Waals surface area contributed by atoms with Crippen LogP contribution in [-0.2, 0) is 11.3 Å². The second-order valence-electron chi connectivity index (χ2n) is 7.47. The van der Waals surface area contributed by atoms with Gasteiger partial charge in [-0.15, -0.1) is 0 Å². The Morgan fingerprint density at radius 2 is 1.94 bits per heavy atom. The van der Waals surface area contributed by atoms with E-state index >= 15 is 0 Å². The van der Waals surface area contributed by atoms with Crippen LogP contribution in [-0.4, -0.2) is 44.4 Å². The molecule has 1 fully saturated rings. The Labute approximate surface area is 180 Å². The van der Waals surface area contributed by atoms with Crippen LogP contribution in [0.15, 0.2) is 17.1 Å². The first-order valence-electron chi connectivity index (χ1n) is 10.7. The monoisotopic (exact) mass is 440 g/mol. The Kier molecular flexibility index (Phi) is 8.54. The zero-order valence-electron chi connectivity index (χ0n) is 17.7. The fourth-order valence-corrected chi connectivity index (χ4v) is 3.64. The third-order valence-corrected chi connectivity index (χ3v) is 5.14. The lowest BCUT2D eigenvalue weighted by atomic mass is 9.95. The number of hydrogen-bond acceptors (Lipinski definition) is 5. The van der Waals surface area contributed by atoms with Gasteiger partial charge in [0, 0.05) is 37.2 Å². The van der Waals surface area contributed by atoms with Crippen LogP contribution < -0.4 is 30.2 Å². The minimum atomic E-state index is -2.96. The van der Waals surface area contributed by atoms with E-state index in [2.05, 4.69) is 25.7 Å². The molecule has 0 atom stereocenters. The summed E-state index contributed by atoms with van der Waals surface area (Å²) in [5, 5.41) is 9.27. The van der Waals surface area contributed by atoms with Gasteiger partial charge in [-0.05, 0) is 25.8 Å². The van der Waals surface area contributed by atoms with Crippen LogP contribution in [0.3, 0.4) is 0 Å². The van der Waals surface area contributed by atoms with E-state index in [0.717, 1.165) is 25.7 Å². The average molecular weight is 440 g/mol. The van der Waals surface area contributed by atoms with Gasteiger partial charge < -0.3 is 30.2 Å². The van der Waals surface area contributed by atoms with Crippen molar-refractivity contribution in [3.8, 4) is 17.2 Å². The Balaban J connectivity index is 1.56. The van der Waals surface area contributed by atoms with Crippen LogP contribution in [0.25, 0.3) is 0 Å². The first kappa shape index (κ1) is 22.9. The highest BCUT2D eigenvalue weighted by molar-refractivity contribution is 5.81. The van der Waals surface area contributed by atoms with Crippen molar-refractivity contribution < 1.29 is 27.8 Å². The molecule has 172 valence electrons. The molecular formula is C21H30F2N4O4. The van der Waals surface area contributed by atoms with Gasteiger partial charge in [-0.2, -0.15) is 8.78 Å². The van der Waals surface area contributed by atoms with E-state index in [1.54, 1.807) is 6.07 Å². The Bertz CT molecular complexity index is 770. The number of nitrogens with zero attached hydrogens (tertiary/aromatic N) is 1. The summed E-state index contributed by atoms with van der Waals surface area (Å²) in [5.74, 6) is 1.31. The van der Waals surface area contributed by atoms with Crippen molar-refractivity contribution in [2.24, 2.45) is 4.99 Å². The molecule has 1 saturated carbocycles. The normalized spacial score (nSPS) is 16.3. The predicted molar refractivity (Wildman–Crippen MR) is 112 cm³/mol. The lowest BCUT2D eigenvalue weighted by Gasteiger charge is -2.22. The summed E-state index contributed by atoms with van der Waals surface area (Å²) in [6.45, 7) is 0.0926. The number of alkyl halides is 2. The third-order valence-electron chi connectivity index (χ3n) is 5.14. The number of fused-ring (bicyclic) bond motifs is 1. The number of guanidine groups is 1. The van der Waals surface area contributed by atoms with Crippen molar-refractivity contribution in [1.82, 2.24) is 16.0 Å². The lowest BCUT2D eigenvalue weighted by molar-refractivity contribution is -0.121. The molecule has 1 aliphatic carbocycles. The number of benzene rings is 1. The molecule has 3 rings (SSSR count). The number of hydrogen-bond donors (Lipinski definition) is 3. The largest absolute Gasteiger partial charge is 0.454 e. The van der Waals surface area contributed by atoms with Gasteiger partial charge in [-0.1, -0.05) is 19.3 Å². The van der Waals surface area contributed by atoms with Crippen LogP contribution in [0, 0.1) is 0 Å².